The molecule has 4 heteroatoms. The first kappa shape index (κ1) is 12.9. The topological polar surface area (TPSA) is 46.3 Å². The molecule has 1 aliphatic rings. The molecule has 1 aromatic rings. The van der Waals surface area contributed by atoms with Crippen molar-refractivity contribution in [3.8, 4) is 0 Å². The Morgan fingerprint density at radius 3 is 2.50 bits per heavy atom. The Labute approximate surface area is 107 Å². The van der Waals surface area contributed by atoms with Crippen LogP contribution in [-0.4, -0.2) is 23.9 Å². The number of nitrogens with zero attached hydrogens (tertiary/aromatic N) is 1. The van der Waals surface area contributed by atoms with E-state index in [2.05, 4.69) is 13.8 Å². The zero-order chi connectivity index (χ0) is 13.3. The van der Waals surface area contributed by atoms with Crippen molar-refractivity contribution in [2.24, 2.45) is 11.8 Å². The summed E-state index contributed by atoms with van der Waals surface area (Å²) in [6.45, 7) is 5.77. The Balaban J connectivity index is 2.17. The number of nitrogens with two attached hydrogens (primary N) is 1. The molecule has 18 heavy (non-hydrogen) atoms. The number of benzene rings is 1. The minimum Gasteiger partial charge on any atom is -0.396 e. The van der Waals surface area contributed by atoms with Crippen LogP contribution in [0.5, 0.6) is 0 Å². The maximum atomic E-state index is 13.4. The van der Waals surface area contributed by atoms with Gasteiger partial charge < -0.3 is 10.6 Å². The molecule has 1 saturated heterocycles. The van der Waals surface area contributed by atoms with Gasteiger partial charge in [-0.25, -0.2) is 4.39 Å². The highest BCUT2D eigenvalue weighted by atomic mass is 19.1. The van der Waals surface area contributed by atoms with Crippen LogP contribution in [0.25, 0.3) is 0 Å². The van der Waals surface area contributed by atoms with Crippen molar-refractivity contribution in [2.75, 3.05) is 18.8 Å². The fourth-order valence-electron chi connectivity index (χ4n) is 2.67. The molecule has 1 amide bonds. The van der Waals surface area contributed by atoms with E-state index in [1.807, 2.05) is 4.90 Å². The minimum atomic E-state index is -0.529. The predicted molar refractivity (Wildman–Crippen MR) is 69.7 cm³/mol. The van der Waals surface area contributed by atoms with Crippen molar-refractivity contribution in [2.45, 2.75) is 20.3 Å². The fourth-order valence-corrected chi connectivity index (χ4v) is 2.67. The van der Waals surface area contributed by atoms with E-state index in [1.165, 1.54) is 12.1 Å². The largest absolute Gasteiger partial charge is 0.396 e. The first-order chi connectivity index (χ1) is 8.47. The van der Waals surface area contributed by atoms with Gasteiger partial charge in [-0.2, -0.15) is 0 Å². The third kappa shape index (κ3) is 2.63. The van der Waals surface area contributed by atoms with Crippen molar-refractivity contribution in [1.82, 2.24) is 4.90 Å². The molecule has 0 aromatic heterocycles. The Morgan fingerprint density at radius 1 is 1.33 bits per heavy atom. The molecule has 98 valence electrons. The lowest BCUT2D eigenvalue weighted by molar-refractivity contribution is 0.0622. The van der Waals surface area contributed by atoms with Crippen molar-refractivity contribution >= 4 is 11.6 Å². The van der Waals surface area contributed by atoms with Crippen LogP contribution < -0.4 is 5.73 Å². The number of carbonyl (C=O) groups excluding carboxylic acids is 1. The molecule has 2 N–H and O–H groups in total. The number of nitrogen functional groups attached to an aromatic ring is 1. The molecule has 0 spiro atoms. The highest BCUT2D eigenvalue weighted by Crippen LogP contribution is 2.23. The molecular weight excluding hydrogens is 231 g/mol. The van der Waals surface area contributed by atoms with Crippen LogP contribution in [0.3, 0.4) is 0 Å². The molecule has 1 fully saturated rings. The van der Waals surface area contributed by atoms with E-state index in [4.69, 9.17) is 5.73 Å². The van der Waals surface area contributed by atoms with E-state index >= 15 is 0 Å². The molecule has 2 rings (SSSR count). The number of carbonyl (C=O) groups is 1. The third-order valence-corrected chi connectivity index (χ3v) is 3.40. The second-order valence-electron chi connectivity index (χ2n) is 5.39. The molecule has 1 aromatic carbocycles. The van der Waals surface area contributed by atoms with Crippen LogP contribution in [0.2, 0.25) is 0 Å². The molecular formula is C14H19FN2O. The zero-order valence-electron chi connectivity index (χ0n) is 10.8. The van der Waals surface area contributed by atoms with E-state index in [-0.39, 0.29) is 11.6 Å². The predicted octanol–water partition coefficient (Wildman–Crippen LogP) is 2.53. The van der Waals surface area contributed by atoms with Crippen LogP contribution in [0, 0.1) is 17.7 Å². The molecule has 1 aliphatic heterocycles. The van der Waals surface area contributed by atoms with Gasteiger partial charge in [0.05, 0.1) is 5.69 Å². The van der Waals surface area contributed by atoms with E-state index in [0.717, 1.165) is 19.5 Å². The summed E-state index contributed by atoms with van der Waals surface area (Å²) in [6.07, 6.45) is 1.14. The first-order valence-corrected chi connectivity index (χ1v) is 6.31. The van der Waals surface area contributed by atoms with Gasteiger partial charge in [0.1, 0.15) is 5.82 Å². The van der Waals surface area contributed by atoms with Crippen molar-refractivity contribution < 1.29 is 9.18 Å². The molecule has 0 aliphatic carbocycles. The van der Waals surface area contributed by atoms with E-state index in [0.29, 0.717) is 17.4 Å². The Bertz CT molecular complexity index is 451. The van der Waals surface area contributed by atoms with Gasteiger partial charge in [0.2, 0.25) is 0 Å². The van der Waals surface area contributed by atoms with E-state index < -0.39 is 5.82 Å². The lowest BCUT2D eigenvalue weighted by Gasteiger charge is -2.35. The summed E-state index contributed by atoms with van der Waals surface area (Å²) in [6, 6.07) is 4.26. The highest BCUT2D eigenvalue weighted by Gasteiger charge is 2.26. The van der Waals surface area contributed by atoms with Crippen LogP contribution >= 0.6 is 0 Å². The standard InChI is InChI=1S/C14H19FN2O/c1-9-5-10(2)8-17(7-9)14(18)11-3-4-13(16)12(15)6-11/h3-4,6,9-10H,5,7-8,16H2,1-2H3. The van der Waals surface area contributed by atoms with Crippen LogP contribution in [0.4, 0.5) is 10.1 Å². The van der Waals surface area contributed by atoms with Gasteiger partial charge in [-0.15, -0.1) is 0 Å². The third-order valence-electron chi connectivity index (χ3n) is 3.40. The maximum absolute atomic E-state index is 13.4. The number of halogens is 1. The van der Waals surface area contributed by atoms with E-state index in [9.17, 15) is 9.18 Å². The summed E-state index contributed by atoms with van der Waals surface area (Å²) in [4.78, 5) is 14.1. The van der Waals surface area contributed by atoms with Gasteiger partial charge in [0.15, 0.2) is 0 Å². The van der Waals surface area contributed by atoms with Crippen molar-refractivity contribution in [3.63, 3.8) is 0 Å². The Kier molecular flexibility index (Phi) is 3.55. The lowest BCUT2D eigenvalue weighted by atomic mass is 9.91. The average molecular weight is 250 g/mol. The SMILES string of the molecule is CC1CC(C)CN(C(=O)c2ccc(N)c(F)c2)C1. The number of piperidine rings is 1. The van der Waals surface area contributed by atoms with Gasteiger partial charge in [-0.05, 0) is 36.5 Å². The second-order valence-corrected chi connectivity index (χ2v) is 5.39. The Morgan fingerprint density at radius 2 is 1.94 bits per heavy atom. The summed E-state index contributed by atoms with van der Waals surface area (Å²) in [7, 11) is 0. The summed E-state index contributed by atoms with van der Waals surface area (Å²) in [5.74, 6) is 0.360. The molecule has 2 atom stereocenters. The van der Waals surface area contributed by atoms with Gasteiger partial charge in [0, 0.05) is 18.7 Å². The molecule has 2 unspecified atom stereocenters. The monoisotopic (exact) mass is 250 g/mol. The fraction of sp³-hybridized carbons (Fsp3) is 0.500. The first-order valence-electron chi connectivity index (χ1n) is 6.31. The number of likely N-dealkylation sites (tertiary alicyclic amines) is 1. The van der Waals surface area contributed by atoms with Crippen molar-refractivity contribution in [3.05, 3.63) is 29.6 Å². The average Bonchev–Trinajstić information content (AvgIpc) is 2.30. The quantitative estimate of drug-likeness (QED) is 0.778. The van der Waals surface area contributed by atoms with Gasteiger partial charge in [0.25, 0.3) is 5.91 Å². The lowest BCUT2D eigenvalue weighted by Crippen LogP contribution is -2.42. The summed E-state index contributed by atoms with van der Waals surface area (Å²) in [5.41, 5.74) is 5.87. The maximum Gasteiger partial charge on any atom is 0.253 e. The Hall–Kier alpha value is -1.58. The number of anilines is 1. The minimum absolute atomic E-state index is 0.0759. The highest BCUT2D eigenvalue weighted by molar-refractivity contribution is 5.94. The summed E-state index contributed by atoms with van der Waals surface area (Å²) < 4.78 is 13.4. The van der Waals surface area contributed by atoms with Crippen LogP contribution in [-0.2, 0) is 0 Å². The van der Waals surface area contributed by atoms with Gasteiger partial charge in [-0.3, -0.25) is 4.79 Å². The van der Waals surface area contributed by atoms with E-state index in [1.54, 1.807) is 6.07 Å². The number of amides is 1. The smallest absolute Gasteiger partial charge is 0.253 e. The normalized spacial score (nSPS) is 24.1. The second kappa shape index (κ2) is 4.96. The van der Waals surface area contributed by atoms with Crippen molar-refractivity contribution in [1.29, 1.82) is 0 Å². The number of rotatable bonds is 1. The van der Waals surface area contributed by atoms with Crippen LogP contribution in [0.1, 0.15) is 30.6 Å². The molecule has 1 heterocycles. The number of hydrogen-bond donors (Lipinski definition) is 1. The number of hydrogen-bond acceptors (Lipinski definition) is 2. The van der Waals surface area contributed by atoms with Gasteiger partial charge >= 0.3 is 0 Å². The van der Waals surface area contributed by atoms with Gasteiger partial charge in [-0.1, -0.05) is 13.8 Å². The van der Waals surface area contributed by atoms with Crippen LogP contribution in [0.15, 0.2) is 18.2 Å². The molecule has 3 nitrogen and oxygen atoms in total. The summed E-state index contributed by atoms with van der Waals surface area (Å²) in [5, 5.41) is 0. The molecule has 0 radical (unpaired) electrons. The molecule has 0 saturated carbocycles. The molecule has 0 bridgehead atoms. The summed E-state index contributed by atoms with van der Waals surface area (Å²) >= 11 is 0. The zero-order valence-corrected chi connectivity index (χ0v) is 10.8.